The van der Waals surface area contributed by atoms with Crippen LogP contribution in [0.1, 0.15) is 10.5 Å². The van der Waals surface area contributed by atoms with Crippen LogP contribution in [0.15, 0.2) is 6.33 Å². The highest BCUT2D eigenvalue weighted by Gasteiger charge is 2.22. The second kappa shape index (κ2) is 4.32. The van der Waals surface area contributed by atoms with E-state index in [1.807, 2.05) is 5.43 Å². The molecule has 0 aliphatic rings. The minimum atomic E-state index is -0.809. The molecule has 0 fully saturated rings. The number of nitrogens with two attached hydrogens (primary N) is 1. The SMILES string of the molecule is NC(=S)NNC(=O)c1nc[nH]c1[N+](=O)[O-]. The molecule has 1 aromatic rings. The summed E-state index contributed by atoms with van der Waals surface area (Å²) in [5.74, 6) is -1.31. The second-order valence-electron chi connectivity index (χ2n) is 2.30. The van der Waals surface area contributed by atoms with Crippen LogP contribution in [0.25, 0.3) is 0 Å². The van der Waals surface area contributed by atoms with Crippen LogP contribution in [0.3, 0.4) is 0 Å². The zero-order valence-corrected chi connectivity index (χ0v) is 8.00. The number of nitro groups is 1. The lowest BCUT2D eigenvalue weighted by atomic mass is 10.4. The lowest BCUT2D eigenvalue weighted by Crippen LogP contribution is -2.44. The van der Waals surface area contributed by atoms with Crippen LogP contribution in [0.4, 0.5) is 5.82 Å². The van der Waals surface area contributed by atoms with Crippen molar-refractivity contribution in [1.82, 2.24) is 20.8 Å². The number of imidazole rings is 1. The lowest BCUT2D eigenvalue weighted by molar-refractivity contribution is -0.389. The molecule has 9 nitrogen and oxygen atoms in total. The van der Waals surface area contributed by atoms with Crippen molar-refractivity contribution in [2.24, 2.45) is 5.73 Å². The Bertz CT molecular complexity index is 415. The number of nitrogens with one attached hydrogen (secondary N) is 3. The smallest absolute Gasteiger partial charge is 0.353 e. The Morgan fingerprint density at radius 2 is 2.33 bits per heavy atom. The Balaban J connectivity index is 2.78. The van der Waals surface area contributed by atoms with Gasteiger partial charge in [-0.1, -0.05) is 0 Å². The van der Waals surface area contributed by atoms with Gasteiger partial charge in [0.1, 0.15) is 0 Å². The summed E-state index contributed by atoms with van der Waals surface area (Å²) < 4.78 is 0. The molecule has 0 aliphatic carbocycles. The molecule has 15 heavy (non-hydrogen) atoms. The van der Waals surface area contributed by atoms with E-state index >= 15 is 0 Å². The summed E-state index contributed by atoms with van der Waals surface area (Å²) in [6.07, 6.45) is 1.04. The molecule has 0 unspecified atom stereocenters. The number of carbonyl (C=O) groups is 1. The first-order valence-corrected chi connectivity index (χ1v) is 3.96. The van der Waals surface area contributed by atoms with Gasteiger partial charge in [-0.3, -0.25) is 15.6 Å². The van der Waals surface area contributed by atoms with E-state index in [0.717, 1.165) is 6.33 Å². The van der Waals surface area contributed by atoms with Gasteiger partial charge in [0.15, 0.2) is 11.4 Å². The minimum absolute atomic E-state index is 0.165. The standard InChI is InChI=1S/C5H6N6O3S/c6-5(15)10-9-4(12)2-3(11(13)14)8-1-7-2/h1H,(H,7,8)(H,9,12)(H3,6,10,15). The normalized spacial score (nSPS) is 9.33. The first kappa shape index (κ1) is 10.8. The summed E-state index contributed by atoms with van der Waals surface area (Å²) in [7, 11) is 0. The summed E-state index contributed by atoms with van der Waals surface area (Å²) in [6.45, 7) is 0. The molecule has 0 bridgehead atoms. The van der Waals surface area contributed by atoms with E-state index < -0.39 is 16.6 Å². The van der Waals surface area contributed by atoms with Gasteiger partial charge in [-0.05, 0) is 17.1 Å². The highest BCUT2D eigenvalue weighted by Crippen LogP contribution is 2.11. The number of nitrogens with zero attached hydrogens (tertiary/aromatic N) is 2. The average molecular weight is 230 g/mol. The van der Waals surface area contributed by atoms with E-state index in [9.17, 15) is 14.9 Å². The Hall–Kier alpha value is -2.23. The van der Waals surface area contributed by atoms with Crippen molar-refractivity contribution in [2.45, 2.75) is 0 Å². The molecule has 0 saturated heterocycles. The highest BCUT2D eigenvalue weighted by molar-refractivity contribution is 7.80. The van der Waals surface area contributed by atoms with Gasteiger partial charge in [0, 0.05) is 0 Å². The van der Waals surface area contributed by atoms with Gasteiger partial charge in [0.05, 0.1) is 0 Å². The van der Waals surface area contributed by atoms with Crippen molar-refractivity contribution in [3.8, 4) is 0 Å². The summed E-state index contributed by atoms with van der Waals surface area (Å²) in [5, 5.41) is 10.2. The number of amides is 1. The number of hydrazine groups is 1. The van der Waals surface area contributed by atoms with Crippen molar-refractivity contribution in [3.05, 3.63) is 22.1 Å². The molecular weight excluding hydrogens is 224 g/mol. The molecule has 5 N–H and O–H groups in total. The molecule has 0 atom stereocenters. The fourth-order valence-corrected chi connectivity index (χ4v) is 0.821. The van der Waals surface area contributed by atoms with Crippen molar-refractivity contribution in [2.75, 3.05) is 0 Å². The second-order valence-corrected chi connectivity index (χ2v) is 2.74. The van der Waals surface area contributed by atoms with E-state index in [1.54, 1.807) is 0 Å². The molecule has 0 spiro atoms. The molecule has 1 amide bonds. The predicted molar refractivity (Wildman–Crippen MR) is 52.6 cm³/mol. The number of aromatic amines is 1. The summed E-state index contributed by atoms with van der Waals surface area (Å²) in [4.78, 5) is 26.6. The molecule has 1 rings (SSSR count). The lowest BCUT2D eigenvalue weighted by Gasteiger charge is -2.03. The maximum absolute atomic E-state index is 11.3. The van der Waals surface area contributed by atoms with E-state index in [2.05, 4.69) is 27.6 Å². The van der Waals surface area contributed by atoms with Crippen molar-refractivity contribution >= 4 is 29.1 Å². The Labute approximate surface area is 88.2 Å². The Morgan fingerprint density at radius 1 is 1.67 bits per heavy atom. The molecule has 1 aromatic heterocycles. The van der Waals surface area contributed by atoms with E-state index in [4.69, 9.17) is 5.73 Å². The number of thiocarbonyl (C=S) groups is 1. The fourth-order valence-electron chi connectivity index (χ4n) is 0.770. The first-order chi connectivity index (χ1) is 7.02. The van der Waals surface area contributed by atoms with Crippen molar-refractivity contribution in [3.63, 3.8) is 0 Å². The molecule has 0 aliphatic heterocycles. The Morgan fingerprint density at radius 3 is 2.87 bits per heavy atom. The Kier molecular flexibility index (Phi) is 3.13. The van der Waals surface area contributed by atoms with Crippen LogP contribution in [0.5, 0.6) is 0 Å². The molecule has 0 saturated carbocycles. The maximum Gasteiger partial charge on any atom is 0.353 e. The molecule has 10 heteroatoms. The van der Waals surface area contributed by atoms with Crippen LogP contribution in [0, 0.1) is 10.1 Å². The van der Waals surface area contributed by atoms with Crippen LogP contribution < -0.4 is 16.6 Å². The summed E-state index contributed by atoms with van der Waals surface area (Å²) in [6, 6.07) is 0. The zero-order chi connectivity index (χ0) is 11.4. The van der Waals surface area contributed by atoms with Crippen LogP contribution in [-0.4, -0.2) is 25.9 Å². The van der Waals surface area contributed by atoms with Gasteiger partial charge in [-0.2, -0.15) is 0 Å². The van der Waals surface area contributed by atoms with Gasteiger partial charge < -0.3 is 15.8 Å². The van der Waals surface area contributed by atoms with Crippen LogP contribution in [-0.2, 0) is 0 Å². The zero-order valence-electron chi connectivity index (χ0n) is 7.18. The van der Waals surface area contributed by atoms with Gasteiger partial charge in [0.25, 0.3) is 5.91 Å². The average Bonchev–Trinajstić information content (AvgIpc) is 2.62. The van der Waals surface area contributed by atoms with Gasteiger partial charge in [-0.25, -0.2) is 9.97 Å². The van der Waals surface area contributed by atoms with Crippen molar-refractivity contribution < 1.29 is 9.72 Å². The summed E-state index contributed by atoms with van der Waals surface area (Å²) >= 11 is 4.42. The van der Waals surface area contributed by atoms with Gasteiger partial charge in [-0.15, -0.1) is 0 Å². The first-order valence-electron chi connectivity index (χ1n) is 3.56. The van der Waals surface area contributed by atoms with E-state index in [1.165, 1.54) is 0 Å². The third-order valence-corrected chi connectivity index (χ3v) is 1.42. The number of H-pyrrole nitrogens is 1. The van der Waals surface area contributed by atoms with E-state index in [-0.39, 0.29) is 10.8 Å². The third-order valence-electron chi connectivity index (χ3n) is 1.32. The van der Waals surface area contributed by atoms with Gasteiger partial charge in [0.2, 0.25) is 5.69 Å². The predicted octanol–water partition coefficient (Wildman–Crippen LogP) is -1.20. The number of aromatic nitrogens is 2. The number of carbonyl (C=O) groups excluding carboxylic acids is 1. The largest absolute Gasteiger partial charge is 0.375 e. The molecule has 0 aromatic carbocycles. The number of hydrogen-bond donors (Lipinski definition) is 4. The highest BCUT2D eigenvalue weighted by atomic mass is 32.1. The number of hydrogen-bond acceptors (Lipinski definition) is 5. The molecule has 0 radical (unpaired) electrons. The van der Waals surface area contributed by atoms with Crippen LogP contribution in [0.2, 0.25) is 0 Å². The van der Waals surface area contributed by atoms with E-state index in [0.29, 0.717) is 0 Å². The minimum Gasteiger partial charge on any atom is -0.375 e. The molecular formula is C5H6N6O3S. The third kappa shape index (κ3) is 2.60. The summed E-state index contributed by atoms with van der Waals surface area (Å²) in [5.41, 5.74) is 8.85. The topological polar surface area (TPSA) is 139 Å². The maximum atomic E-state index is 11.3. The van der Waals surface area contributed by atoms with Gasteiger partial charge >= 0.3 is 5.82 Å². The van der Waals surface area contributed by atoms with Crippen LogP contribution >= 0.6 is 12.2 Å². The molecule has 80 valence electrons. The quantitative estimate of drug-likeness (QED) is 0.284. The molecule has 1 heterocycles. The monoisotopic (exact) mass is 230 g/mol. The fraction of sp³-hybridized carbons (Fsp3) is 0. The number of rotatable bonds is 2. The van der Waals surface area contributed by atoms with Crippen molar-refractivity contribution in [1.29, 1.82) is 0 Å².